The monoisotopic (exact) mass is 397 g/mol. The number of hydrogen-bond donors (Lipinski definition) is 1. The zero-order chi connectivity index (χ0) is 20.9. The summed E-state index contributed by atoms with van der Waals surface area (Å²) in [6.07, 6.45) is 12.8. The van der Waals surface area contributed by atoms with Gasteiger partial charge in [0.2, 0.25) is 0 Å². The molecule has 1 unspecified atom stereocenters. The number of likely N-dealkylation sites (N-methyl/N-ethyl adjacent to an activating group) is 1. The fourth-order valence-electron chi connectivity index (χ4n) is 4.93. The van der Waals surface area contributed by atoms with Crippen molar-refractivity contribution >= 4 is 16.5 Å². The van der Waals surface area contributed by atoms with E-state index in [9.17, 15) is 5.11 Å². The molecular formula is C26H27N3O. The number of nitrogens with zero attached hydrogens (tertiary/aromatic N) is 3. The molecule has 0 aliphatic carbocycles. The van der Waals surface area contributed by atoms with Crippen molar-refractivity contribution in [3.05, 3.63) is 95.1 Å². The van der Waals surface area contributed by atoms with Crippen molar-refractivity contribution in [2.24, 2.45) is 0 Å². The number of benzene rings is 1. The highest BCUT2D eigenvalue weighted by Crippen LogP contribution is 2.48. The van der Waals surface area contributed by atoms with Gasteiger partial charge in [-0.3, -0.25) is 4.98 Å². The number of aromatic nitrogens is 2. The van der Waals surface area contributed by atoms with E-state index in [1.165, 1.54) is 27.7 Å². The standard InChI is InChI=1S/C26H27N3O/c1-4-5-6-23-22-16-28(3)14-11-20-21-15-18(2)7-8-24(21)29(25(20)22)17-26(23,30)19-9-12-27-13-10-19/h4-10,12-13,15-16,30H,11,14,17H2,1-3H3/b5-4-,23-6+. The number of hydrogen-bond acceptors (Lipinski definition) is 3. The van der Waals surface area contributed by atoms with Crippen LogP contribution in [0.1, 0.15) is 29.3 Å². The molecule has 1 aromatic carbocycles. The Morgan fingerprint density at radius 3 is 2.73 bits per heavy atom. The quantitative estimate of drug-likeness (QED) is 0.688. The van der Waals surface area contributed by atoms with Crippen LogP contribution in [0.15, 0.2) is 72.7 Å². The van der Waals surface area contributed by atoms with Crippen molar-refractivity contribution in [1.82, 2.24) is 14.5 Å². The molecule has 2 aliphatic rings. The van der Waals surface area contributed by atoms with E-state index >= 15 is 0 Å². The molecule has 0 amide bonds. The van der Waals surface area contributed by atoms with Crippen molar-refractivity contribution in [2.45, 2.75) is 32.4 Å². The van der Waals surface area contributed by atoms with E-state index in [0.29, 0.717) is 6.54 Å². The molecule has 152 valence electrons. The molecule has 5 rings (SSSR count). The predicted molar refractivity (Wildman–Crippen MR) is 122 cm³/mol. The molecule has 4 heteroatoms. The lowest BCUT2D eigenvalue weighted by Gasteiger charge is -2.39. The van der Waals surface area contributed by atoms with Crippen molar-refractivity contribution in [3.63, 3.8) is 0 Å². The number of allylic oxidation sites excluding steroid dienone is 3. The summed E-state index contributed by atoms with van der Waals surface area (Å²) in [4.78, 5) is 6.41. The molecular weight excluding hydrogens is 370 g/mol. The fourth-order valence-corrected chi connectivity index (χ4v) is 4.93. The maximum absolute atomic E-state index is 12.2. The first-order chi connectivity index (χ1) is 14.5. The molecule has 4 heterocycles. The van der Waals surface area contributed by atoms with Crippen LogP contribution in [0.4, 0.5) is 0 Å². The van der Waals surface area contributed by atoms with Crippen LogP contribution >= 0.6 is 0 Å². The maximum atomic E-state index is 12.2. The van der Waals surface area contributed by atoms with E-state index in [0.717, 1.165) is 29.7 Å². The molecule has 0 saturated heterocycles. The zero-order valence-electron chi connectivity index (χ0n) is 17.8. The largest absolute Gasteiger partial charge is 0.380 e. The Kier molecular flexibility index (Phi) is 4.40. The second kappa shape index (κ2) is 6.99. The first kappa shape index (κ1) is 18.9. The van der Waals surface area contributed by atoms with Gasteiger partial charge in [0, 0.05) is 54.2 Å². The number of pyridine rings is 1. The van der Waals surface area contributed by atoms with E-state index in [-0.39, 0.29) is 0 Å². The summed E-state index contributed by atoms with van der Waals surface area (Å²) in [5.41, 5.74) is 6.85. The van der Waals surface area contributed by atoms with Crippen LogP contribution in [0, 0.1) is 6.92 Å². The lowest BCUT2D eigenvalue weighted by molar-refractivity contribution is 0.0586. The molecule has 4 nitrogen and oxygen atoms in total. The van der Waals surface area contributed by atoms with Crippen LogP contribution in [-0.4, -0.2) is 33.1 Å². The lowest BCUT2D eigenvalue weighted by Crippen LogP contribution is -2.38. The second-order valence-corrected chi connectivity index (χ2v) is 8.41. The van der Waals surface area contributed by atoms with Crippen LogP contribution in [0.5, 0.6) is 0 Å². The van der Waals surface area contributed by atoms with Crippen LogP contribution in [0.3, 0.4) is 0 Å². The Labute approximate surface area is 177 Å². The van der Waals surface area contributed by atoms with E-state index in [2.05, 4.69) is 58.9 Å². The molecule has 2 aliphatic heterocycles. The molecule has 0 spiro atoms. The molecule has 0 radical (unpaired) electrons. The van der Waals surface area contributed by atoms with Gasteiger partial charge in [0.25, 0.3) is 0 Å². The van der Waals surface area contributed by atoms with Crippen molar-refractivity contribution in [1.29, 1.82) is 0 Å². The molecule has 0 bridgehead atoms. The van der Waals surface area contributed by atoms with Crippen LogP contribution in [0.2, 0.25) is 0 Å². The highest BCUT2D eigenvalue weighted by molar-refractivity contribution is 5.96. The molecule has 2 aromatic heterocycles. The normalized spacial score (nSPS) is 22.5. The summed E-state index contributed by atoms with van der Waals surface area (Å²) in [5.74, 6) is 0. The molecule has 0 fully saturated rings. The minimum atomic E-state index is -1.14. The van der Waals surface area contributed by atoms with E-state index in [4.69, 9.17) is 0 Å². The van der Waals surface area contributed by atoms with Gasteiger partial charge >= 0.3 is 0 Å². The number of aliphatic hydroxyl groups is 1. The van der Waals surface area contributed by atoms with Crippen LogP contribution in [-0.2, 0) is 18.6 Å². The highest BCUT2D eigenvalue weighted by atomic mass is 16.3. The summed E-state index contributed by atoms with van der Waals surface area (Å²) in [5, 5.41) is 13.5. The minimum absolute atomic E-state index is 0.482. The highest BCUT2D eigenvalue weighted by Gasteiger charge is 2.43. The Bertz CT molecular complexity index is 1220. The maximum Gasteiger partial charge on any atom is 0.133 e. The van der Waals surface area contributed by atoms with Gasteiger partial charge in [-0.2, -0.15) is 0 Å². The Balaban J connectivity index is 1.88. The third-order valence-corrected chi connectivity index (χ3v) is 6.38. The second-order valence-electron chi connectivity index (χ2n) is 8.41. The molecule has 1 atom stereocenters. The Morgan fingerprint density at radius 2 is 1.97 bits per heavy atom. The Hall–Kier alpha value is -3.11. The summed E-state index contributed by atoms with van der Waals surface area (Å²) < 4.78 is 2.32. The summed E-state index contributed by atoms with van der Waals surface area (Å²) in [6.45, 7) is 5.59. The van der Waals surface area contributed by atoms with Gasteiger partial charge in [-0.1, -0.05) is 29.9 Å². The first-order valence-electron chi connectivity index (χ1n) is 10.5. The summed E-state index contributed by atoms with van der Waals surface area (Å²) >= 11 is 0. The molecule has 1 N–H and O–H groups in total. The van der Waals surface area contributed by atoms with Crippen molar-refractivity contribution in [2.75, 3.05) is 13.6 Å². The van der Waals surface area contributed by atoms with E-state index in [1.807, 2.05) is 31.2 Å². The van der Waals surface area contributed by atoms with Gasteiger partial charge in [-0.15, -0.1) is 0 Å². The van der Waals surface area contributed by atoms with Gasteiger partial charge in [0.1, 0.15) is 5.60 Å². The van der Waals surface area contributed by atoms with Gasteiger partial charge in [0.05, 0.1) is 12.2 Å². The summed E-state index contributed by atoms with van der Waals surface area (Å²) in [6, 6.07) is 10.5. The lowest BCUT2D eigenvalue weighted by atomic mass is 9.78. The Morgan fingerprint density at radius 1 is 1.17 bits per heavy atom. The SMILES string of the molecule is C/C=C\C=C1/C2=CN(C)CCc3c2n(c2ccc(C)cc32)CC1(O)c1ccncc1. The number of fused-ring (bicyclic) bond motifs is 3. The van der Waals surface area contributed by atoms with Crippen molar-refractivity contribution < 1.29 is 5.11 Å². The van der Waals surface area contributed by atoms with Crippen LogP contribution in [0.25, 0.3) is 16.5 Å². The van der Waals surface area contributed by atoms with Gasteiger partial charge in [0.15, 0.2) is 0 Å². The average molecular weight is 398 g/mol. The third-order valence-electron chi connectivity index (χ3n) is 6.38. The van der Waals surface area contributed by atoms with Gasteiger partial charge < -0.3 is 14.6 Å². The zero-order valence-corrected chi connectivity index (χ0v) is 17.8. The van der Waals surface area contributed by atoms with Crippen molar-refractivity contribution in [3.8, 4) is 0 Å². The smallest absolute Gasteiger partial charge is 0.133 e. The molecule has 30 heavy (non-hydrogen) atoms. The first-order valence-corrected chi connectivity index (χ1v) is 10.5. The molecule has 0 saturated carbocycles. The number of rotatable bonds is 2. The predicted octanol–water partition coefficient (Wildman–Crippen LogP) is 4.58. The third kappa shape index (κ3) is 2.75. The van der Waals surface area contributed by atoms with Crippen LogP contribution < -0.4 is 0 Å². The number of aryl methyl sites for hydroxylation is 1. The summed E-state index contributed by atoms with van der Waals surface area (Å²) in [7, 11) is 2.12. The van der Waals surface area contributed by atoms with Gasteiger partial charge in [-0.25, -0.2) is 0 Å². The molecule has 3 aromatic rings. The minimum Gasteiger partial charge on any atom is -0.380 e. The topological polar surface area (TPSA) is 41.3 Å². The van der Waals surface area contributed by atoms with E-state index < -0.39 is 5.60 Å². The van der Waals surface area contributed by atoms with E-state index in [1.54, 1.807) is 12.4 Å². The van der Waals surface area contributed by atoms with Gasteiger partial charge in [-0.05, 0) is 55.7 Å². The average Bonchev–Trinajstić information content (AvgIpc) is 2.92. The fraction of sp³-hybridized carbons (Fsp3) is 0.269.